The van der Waals surface area contributed by atoms with Crippen molar-refractivity contribution in [3.05, 3.63) is 59.7 Å². The van der Waals surface area contributed by atoms with E-state index in [4.69, 9.17) is 14.2 Å². The molecule has 0 spiro atoms. The highest BCUT2D eigenvalue weighted by Crippen LogP contribution is 2.27. The second-order valence-corrected chi connectivity index (χ2v) is 7.74. The molecule has 36 heavy (non-hydrogen) atoms. The van der Waals surface area contributed by atoms with Crippen LogP contribution in [0.5, 0.6) is 23.0 Å². The highest BCUT2D eigenvalue weighted by Gasteiger charge is 2.46. The normalized spacial score (nSPS) is 24.1. The zero-order chi connectivity index (χ0) is 26.4. The van der Waals surface area contributed by atoms with E-state index in [1.807, 2.05) is 0 Å². The molecule has 0 radical (unpaired) electrons. The standard InChI is InChI=1S/C24H24O12/c25-14-5-1-12(9-16(14)27)3-7-19(29)34-11-18-21(31)23(22(32)24(33)35-18)36-20(30)8-4-13-2-6-15(26)17(28)10-13/h1-10,18,21-28,31-33H,11H2/b7-3+,8-4+/t18-,21-,22-,23+,24-/m1/s1. The fourth-order valence-electron chi connectivity index (χ4n) is 3.20. The molecule has 5 atom stereocenters. The second-order valence-electron chi connectivity index (χ2n) is 7.74. The Kier molecular flexibility index (Phi) is 8.51. The number of ether oxygens (including phenoxy) is 3. The number of carbonyl (C=O) groups excluding carboxylic acids is 2. The summed E-state index contributed by atoms with van der Waals surface area (Å²) in [5, 5.41) is 68.1. The predicted octanol–water partition coefficient (Wildman–Crippen LogP) is 0.130. The monoisotopic (exact) mass is 504 g/mol. The lowest BCUT2D eigenvalue weighted by Crippen LogP contribution is -2.60. The molecule has 2 aromatic rings. The Morgan fingerprint density at radius 3 is 1.83 bits per heavy atom. The van der Waals surface area contributed by atoms with Crippen LogP contribution in [-0.2, 0) is 23.8 Å². The maximum atomic E-state index is 12.2. The Balaban J connectivity index is 1.58. The molecule has 12 heteroatoms. The summed E-state index contributed by atoms with van der Waals surface area (Å²) in [6.07, 6.45) is -3.83. The van der Waals surface area contributed by atoms with Crippen LogP contribution in [-0.4, -0.2) is 85.0 Å². The van der Waals surface area contributed by atoms with Crippen molar-refractivity contribution in [3.63, 3.8) is 0 Å². The van der Waals surface area contributed by atoms with Crippen LogP contribution in [0.4, 0.5) is 0 Å². The molecule has 7 N–H and O–H groups in total. The fraction of sp³-hybridized carbons (Fsp3) is 0.250. The number of phenols is 4. The van der Waals surface area contributed by atoms with Crippen LogP contribution < -0.4 is 0 Å². The maximum absolute atomic E-state index is 12.2. The molecular weight excluding hydrogens is 480 g/mol. The molecule has 192 valence electrons. The molecule has 2 aromatic carbocycles. The lowest BCUT2D eigenvalue weighted by Gasteiger charge is -2.39. The Labute approximate surface area is 204 Å². The average Bonchev–Trinajstić information content (AvgIpc) is 2.84. The number of phenolic OH excluding ortho intramolecular Hbond substituents is 4. The van der Waals surface area contributed by atoms with E-state index in [0.717, 1.165) is 12.2 Å². The summed E-state index contributed by atoms with van der Waals surface area (Å²) >= 11 is 0. The summed E-state index contributed by atoms with van der Waals surface area (Å²) < 4.78 is 15.1. The van der Waals surface area contributed by atoms with Gasteiger partial charge in [0.1, 0.15) is 24.9 Å². The summed E-state index contributed by atoms with van der Waals surface area (Å²) in [6, 6.07) is 7.67. The molecule has 1 saturated heterocycles. The highest BCUT2D eigenvalue weighted by molar-refractivity contribution is 5.88. The zero-order valence-electron chi connectivity index (χ0n) is 18.5. The van der Waals surface area contributed by atoms with Crippen LogP contribution >= 0.6 is 0 Å². The van der Waals surface area contributed by atoms with E-state index >= 15 is 0 Å². The van der Waals surface area contributed by atoms with Gasteiger partial charge in [0.15, 0.2) is 35.4 Å². The number of benzene rings is 2. The van der Waals surface area contributed by atoms with Crippen molar-refractivity contribution in [1.82, 2.24) is 0 Å². The number of rotatable bonds is 7. The summed E-state index contributed by atoms with van der Waals surface area (Å²) in [5.41, 5.74) is 0.730. The van der Waals surface area contributed by atoms with Gasteiger partial charge < -0.3 is 50.0 Å². The number of aliphatic hydroxyl groups excluding tert-OH is 3. The van der Waals surface area contributed by atoms with Crippen molar-refractivity contribution < 1.29 is 59.5 Å². The first-order valence-corrected chi connectivity index (χ1v) is 10.5. The van der Waals surface area contributed by atoms with Crippen molar-refractivity contribution in [1.29, 1.82) is 0 Å². The molecule has 0 unspecified atom stereocenters. The Morgan fingerprint density at radius 2 is 1.31 bits per heavy atom. The van der Waals surface area contributed by atoms with Gasteiger partial charge in [-0.05, 0) is 47.5 Å². The average molecular weight is 504 g/mol. The largest absolute Gasteiger partial charge is 0.504 e. The van der Waals surface area contributed by atoms with Gasteiger partial charge in [-0.2, -0.15) is 0 Å². The van der Waals surface area contributed by atoms with Crippen LogP contribution in [0, 0.1) is 0 Å². The molecule has 1 heterocycles. The first kappa shape index (κ1) is 26.5. The fourth-order valence-corrected chi connectivity index (χ4v) is 3.20. The van der Waals surface area contributed by atoms with Gasteiger partial charge >= 0.3 is 11.9 Å². The molecule has 0 aromatic heterocycles. The van der Waals surface area contributed by atoms with Gasteiger partial charge in [0.25, 0.3) is 0 Å². The number of hydrogen-bond acceptors (Lipinski definition) is 12. The molecule has 0 saturated carbocycles. The minimum atomic E-state index is -1.86. The quantitative estimate of drug-likeness (QED) is 0.153. The second kappa shape index (κ2) is 11.6. The third-order valence-electron chi connectivity index (χ3n) is 5.13. The molecule has 1 aliphatic heterocycles. The van der Waals surface area contributed by atoms with Crippen LogP contribution in [0.1, 0.15) is 11.1 Å². The lowest BCUT2D eigenvalue weighted by atomic mass is 9.99. The van der Waals surface area contributed by atoms with Gasteiger partial charge in [0, 0.05) is 12.2 Å². The van der Waals surface area contributed by atoms with E-state index in [1.54, 1.807) is 0 Å². The molecule has 0 aliphatic carbocycles. The first-order valence-electron chi connectivity index (χ1n) is 10.5. The van der Waals surface area contributed by atoms with Crippen molar-refractivity contribution in [2.75, 3.05) is 6.61 Å². The maximum Gasteiger partial charge on any atom is 0.331 e. The Bertz CT molecular complexity index is 1160. The Hall–Kier alpha value is -4.10. The van der Waals surface area contributed by atoms with E-state index in [2.05, 4.69) is 0 Å². The van der Waals surface area contributed by atoms with E-state index in [9.17, 15) is 45.3 Å². The molecule has 1 fully saturated rings. The van der Waals surface area contributed by atoms with E-state index in [0.29, 0.717) is 11.1 Å². The SMILES string of the molecule is O=C(/C=C/c1ccc(O)c(O)c1)OC[C@H]1O[C@@H](O)[C@H](O)[C@@H](OC(=O)/C=C/c2ccc(O)c(O)c2)[C@@H]1O. The molecule has 0 amide bonds. The van der Waals surface area contributed by atoms with Gasteiger partial charge in [0.2, 0.25) is 0 Å². The van der Waals surface area contributed by atoms with E-state index in [-0.39, 0.29) is 17.2 Å². The van der Waals surface area contributed by atoms with Crippen molar-refractivity contribution in [2.45, 2.75) is 30.7 Å². The summed E-state index contributed by atoms with van der Waals surface area (Å²) in [4.78, 5) is 24.2. The Morgan fingerprint density at radius 1 is 0.778 bits per heavy atom. The number of aliphatic hydroxyl groups is 3. The molecule has 3 rings (SSSR count). The van der Waals surface area contributed by atoms with Crippen LogP contribution in [0.25, 0.3) is 12.2 Å². The van der Waals surface area contributed by atoms with Gasteiger partial charge in [-0.25, -0.2) is 9.59 Å². The highest BCUT2D eigenvalue weighted by atomic mass is 16.7. The van der Waals surface area contributed by atoms with Crippen LogP contribution in [0.15, 0.2) is 48.6 Å². The molecule has 1 aliphatic rings. The number of carbonyl (C=O) groups is 2. The van der Waals surface area contributed by atoms with Crippen molar-refractivity contribution >= 4 is 24.1 Å². The smallest absolute Gasteiger partial charge is 0.331 e. The van der Waals surface area contributed by atoms with E-state index in [1.165, 1.54) is 48.6 Å². The van der Waals surface area contributed by atoms with Crippen LogP contribution in [0.3, 0.4) is 0 Å². The third kappa shape index (κ3) is 6.73. The van der Waals surface area contributed by atoms with Crippen LogP contribution in [0.2, 0.25) is 0 Å². The summed E-state index contributed by atoms with van der Waals surface area (Å²) in [7, 11) is 0. The van der Waals surface area contributed by atoms with Gasteiger partial charge in [-0.1, -0.05) is 12.1 Å². The minimum Gasteiger partial charge on any atom is -0.504 e. The summed E-state index contributed by atoms with van der Waals surface area (Å²) in [5.74, 6) is -3.34. The minimum absolute atomic E-state index is 0.329. The number of hydrogen-bond donors (Lipinski definition) is 7. The van der Waals surface area contributed by atoms with Gasteiger partial charge in [-0.3, -0.25) is 0 Å². The zero-order valence-corrected chi connectivity index (χ0v) is 18.5. The van der Waals surface area contributed by atoms with Crippen molar-refractivity contribution in [3.8, 4) is 23.0 Å². The predicted molar refractivity (Wildman–Crippen MR) is 121 cm³/mol. The first-order chi connectivity index (χ1) is 17.0. The topological polar surface area (TPSA) is 203 Å². The third-order valence-corrected chi connectivity index (χ3v) is 5.13. The van der Waals surface area contributed by atoms with E-state index < -0.39 is 55.0 Å². The molecular formula is C24H24O12. The number of esters is 2. The number of aromatic hydroxyl groups is 4. The summed E-state index contributed by atoms with van der Waals surface area (Å²) in [6.45, 7) is -0.564. The van der Waals surface area contributed by atoms with Gasteiger partial charge in [0.05, 0.1) is 0 Å². The molecule has 12 nitrogen and oxygen atoms in total. The molecule has 0 bridgehead atoms. The van der Waals surface area contributed by atoms with Crippen molar-refractivity contribution in [2.24, 2.45) is 0 Å². The van der Waals surface area contributed by atoms with Gasteiger partial charge in [-0.15, -0.1) is 0 Å². The lowest BCUT2D eigenvalue weighted by molar-refractivity contribution is -0.289.